The zero-order valence-corrected chi connectivity index (χ0v) is 11.3. The lowest BCUT2D eigenvalue weighted by atomic mass is 10.2. The van der Waals surface area contributed by atoms with Gasteiger partial charge >= 0.3 is 0 Å². The third kappa shape index (κ3) is 3.79. The van der Waals surface area contributed by atoms with Crippen LogP contribution >= 0.6 is 11.6 Å². The molecule has 2 atom stereocenters. The summed E-state index contributed by atoms with van der Waals surface area (Å²) in [5.41, 5.74) is 0. The van der Waals surface area contributed by atoms with E-state index >= 15 is 0 Å². The topological polar surface area (TPSA) is 58.6 Å². The molecule has 2 aliphatic heterocycles. The van der Waals surface area contributed by atoms with E-state index in [1.165, 1.54) is 12.8 Å². The van der Waals surface area contributed by atoms with Crippen molar-refractivity contribution in [3.8, 4) is 0 Å². The van der Waals surface area contributed by atoms with Gasteiger partial charge in [0.15, 0.2) is 0 Å². The maximum atomic E-state index is 11.4. The van der Waals surface area contributed by atoms with Crippen LogP contribution in [0.25, 0.3) is 0 Å². The predicted molar refractivity (Wildman–Crippen MR) is 66.8 cm³/mol. The van der Waals surface area contributed by atoms with Crippen LogP contribution < -0.4 is 4.72 Å². The molecule has 2 aliphatic rings. The second-order valence-electron chi connectivity index (χ2n) is 4.60. The van der Waals surface area contributed by atoms with Crippen molar-refractivity contribution < 1.29 is 13.2 Å². The fourth-order valence-electron chi connectivity index (χ4n) is 2.40. The lowest BCUT2D eigenvalue weighted by molar-refractivity contribution is -0.0448. The first-order valence-corrected chi connectivity index (χ1v) is 8.18. The fraction of sp³-hybridized carbons (Fsp3) is 1.00. The number of nitrogens with one attached hydrogen (secondary N) is 1. The van der Waals surface area contributed by atoms with Crippen LogP contribution in [-0.2, 0) is 14.8 Å². The summed E-state index contributed by atoms with van der Waals surface area (Å²) in [4.78, 5) is 2.39. The average molecular weight is 283 g/mol. The van der Waals surface area contributed by atoms with Gasteiger partial charge in [0.1, 0.15) is 0 Å². The Morgan fingerprint density at radius 2 is 2.29 bits per heavy atom. The molecule has 2 unspecified atom stereocenters. The standard InChI is InChI=1S/C10H19ClN2O3S/c11-3-5-17(14,15)12-6-10-7-13-4-1-2-9(13)8-16-10/h9-10,12H,1-8H2. The van der Waals surface area contributed by atoms with E-state index in [-0.39, 0.29) is 17.7 Å². The Labute approximate surface area is 107 Å². The van der Waals surface area contributed by atoms with Gasteiger partial charge in [0.05, 0.1) is 18.5 Å². The minimum absolute atomic E-state index is 0.0329. The molecule has 0 saturated carbocycles. The smallest absolute Gasteiger partial charge is 0.212 e. The monoisotopic (exact) mass is 282 g/mol. The van der Waals surface area contributed by atoms with Gasteiger partial charge in [-0.15, -0.1) is 11.6 Å². The Kier molecular flexibility index (Phi) is 4.65. The second-order valence-corrected chi connectivity index (χ2v) is 6.91. The van der Waals surface area contributed by atoms with Gasteiger partial charge in [-0.25, -0.2) is 13.1 Å². The number of fused-ring (bicyclic) bond motifs is 1. The third-order valence-electron chi connectivity index (χ3n) is 3.34. The number of alkyl halides is 1. The highest BCUT2D eigenvalue weighted by atomic mass is 35.5. The Balaban J connectivity index is 1.77. The van der Waals surface area contributed by atoms with E-state index < -0.39 is 10.0 Å². The molecule has 2 fully saturated rings. The number of morpholine rings is 1. The van der Waals surface area contributed by atoms with Crippen molar-refractivity contribution >= 4 is 21.6 Å². The predicted octanol–water partition coefficient (Wildman–Crippen LogP) is 0.00780. The molecule has 0 aromatic carbocycles. The normalized spacial score (nSPS) is 30.4. The quantitative estimate of drug-likeness (QED) is 0.722. The summed E-state index contributed by atoms with van der Waals surface area (Å²) in [6, 6.07) is 0.547. The van der Waals surface area contributed by atoms with Gasteiger partial charge in [-0.1, -0.05) is 0 Å². The maximum Gasteiger partial charge on any atom is 0.212 e. The van der Waals surface area contributed by atoms with Gasteiger partial charge in [0.25, 0.3) is 0 Å². The van der Waals surface area contributed by atoms with Crippen molar-refractivity contribution in [3.05, 3.63) is 0 Å². The van der Waals surface area contributed by atoms with Crippen LogP contribution in [0.3, 0.4) is 0 Å². The third-order valence-corrected chi connectivity index (χ3v) is 5.10. The Morgan fingerprint density at radius 1 is 1.47 bits per heavy atom. The molecule has 0 aliphatic carbocycles. The van der Waals surface area contributed by atoms with Gasteiger partial charge in [-0.05, 0) is 19.4 Å². The lowest BCUT2D eigenvalue weighted by Gasteiger charge is -2.35. The van der Waals surface area contributed by atoms with Crippen molar-refractivity contribution in [2.45, 2.75) is 25.0 Å². The van der Waals surface area contributed by atoms with E-state index in [1.54, 1.807) is 0 Å². The molecule has 7 heteroatoms. The van der Waals surface area contributed by atoms with Crippen LogP contribution in [-0.4, -0.2) is 63.3 Å². The fourth-order valence-corrected chi connectivity index (χ4v) is 3.80. The summed E-state index contributed by atoms with van der Waals surface area (Å²) in [5, 5.41) is 0. The van der Waals surface area contributed by atoms with Crippen molar-refractivity contribution in [1.29, 1.82) is 0 Å². The highest BCUT2D eigenvalue weighted by Gasteiger charge is 2.32. The van der Waals surface area contributed by atoms with Gasteiger partial charge < -0.3 is 4.74 Å². The van der Waals surface area contributed by atoms with Crippen LogP contribution in [0.5, 0.6) is 0 Å². The Hall–Kier alpha value is 0.120. The molecule has 17 heavy (non-hydrogen) atoms. The SMILES string of the molecule is O=S(=O)(CCCl)NCC1CN2CCCC2CO1. The summed E-state index contributed by atoms with van der Waals surface area (Å²) in [6.45, 7) is 3.01. The number of sulfonamides is 1. The molecule has 2 saturated heterocycles. The number of halogens is 1. The summed E-state index contributed by atoms with van der Waals surface area (Å²) in [7, 11) is -3.23. The van der Waals surface area contributed by atoms with Crippen LogP contribution in [0.15, 0.2) is 0 Å². The first-order valence-electron chi connectivity index (χ1n) is 5.99. The molecule has 0 bridgehead atoms. The van der Waals surface area contributed by atoms with Crippen molar-refractivity contribution in [1.82, 2.24) is 9.62 Å². The minimum Gasteiger partial charge on any atom is -0.374 e. The summed E-state index contributed by atoms with van der Waals surface area (Å²) in [5.74, 6) is 0.0860. The molecular formula is C10H19ClN2O3S. The molecule has 5 nitrogen and oxygen atoms in total. The molecule has 100 valence electrons. The van der Waals surface area contributed by atoms with E-state index in [1.807, 2.05) is 0 Å². The average Bonchev–Trinajstić information content (AvgIpc) is 2.73. The minimum atomic E-state index is -3.23. The van der Waals surface area contributed by atoms with Gasteiger partial charge in [-0.3, -0.25) is 4.90 Å². The first-order chi connectivity index (χ1) is 8.11. The lowest BCUT2D eigenvalue weighted by Crippen LogP contribution is -2.50. The number of ether oxygens (including phenoxy) is 1. The molecule has 2 heterocycles. The van der Waals surface area contributed by atoms with Crippen molar-refractivity contribution in [3.63, 3.8) is 0 Å². The number of nitrogens with zero attached hydrogens (tertiary/aromatic N) is 1. The summed E-state index contributed by atoms with van der Waals surface area (Å²) >= 11 is 5.42. The molecule has 0 aromatic heterocycles. The molecular weight excluding hydrogens is 264 g/mol. The largest absolute Gasteiger partial charge is 0.374 e. The van der Waals surface area contributed by atoms with Gasteiger partial charge in [-0.2, -0.15) is 0 Å². The Morgan fingerprint density at radius 3 is 3.06 bits per heavy atom. The Bertz CT molecular complexity index is 349. The van der Waals surface area contributed by atoms with E-state index in [0.29, 0.717) is 12.6 Å². The van der Waals surface area contributed by atoms with Gasteiger partial charge in [0.2, 0.25) is 10.0 Å². The van der Waals surface area contributed by atoms with E-state index in [4.69, 9.17) is 16.3 Å². The first kappa shape index (κ1) is 13.5. The zero-order valence-electron chi connectivity index (χ0n) is 9.77. The molecule has 2 rings (SSSR count). The molecule has 1 N–H and O–H groups in total. The summed E-state index contributed by atoms with van der Waals surface area (Å²) < 4.78 is 31.1. The summed E-state index contributed by atoms with van der Waals surface area (Å²) in [6.07, 6.45) is 2.39. The zero-order chi connectivity index (χ0) is 12.3. The number of hydrogen-bond donors (Lipinski definition) is 1. The number of rotatable bonds is 5. The molecule has 0 aromatic rings. The maximum absolute atomic E-state index is 11.4. The van der Waals surface area contributed by atoms with Crippen LogP contribution in [0, 0.1) is 0 Å². The van der Waals surface area contributed by atoms with E-state index in [9.17, 15) is 8.42 Å². The second kappa shape index (κ2) is 5.84. The molecule has 0 amide bonds. The number of hydrogen-bond acceptors (Lipinski definition) is 4. The van der Waals surface area contributed by atoms with Gasteiger partial charge in [0, 0.05) is 25.0 Å². The highest BCUT2D eigenvalue weighted by molar-refractivity contribution is 7.89. The van der Waals surface area contributed by atoms with Crippen molar-refractivity contribution in [2.24, 2.45) is 0 Å². The van der Waals surface area contributed by atoms with Crippen LogP contribution in [0.1, 0.15) is 12.8 Å². The van der Waals surface area contributed by atoms with E-state index in [2.05, 4.69) is 9.62 Å². The molecule has 0 radical (unpaired) electrons. The molecule has 0 spiro atoms. The van der Waals surface area contributed by atoms with Crippen LogP contribution in [0.4, 0.5) is 0 Å². The van der Waals surface area contributed by atoms with Crippen molar-refractivity contribution in [2.75, 3.05) is 37.9 Å². The van der Waals surface area contributed by atoms with Crippen LogP contribution in [0.2, 0.25) is 0 Å². The van der Waals surface area contributed by atoms with E-state index in [0.717, 1.165) is 19.7 Å². The highest BCUT2D eigenvalue weighted by Crippen LogP contribution is 2.22.